The predicted molar refractivity (Wildman–Crippen MR) is 57.8 cm³/mol. The lowest BCUT2D eigenvalue weighted by atomic mass is 9.99. The van der Waals surface area contributed by atoms with Gasteiger partial charge in [-0.25, -0.2) is 9.18 Å². The zero-order valence-electron chi connectivity index (χ0n) is 9.54. The number of ether oxygens (including phenoxy) is 1. The van der Waals surface area contributed by atoms with Crippen LogP contribution in [0.25, 0.3) is 0 Å². The molecule has 0 bridgehead atoms. The van der Waals surface area contributed by atoms with E-state index in [4.69, 9.17) is 9.84 Å². The number of aromatic nitrogens is 2. The van der Waals surface area contributed by atoms with Crippen LogP contribution in [-0.4, -0.2) is 44.2 Å². The molecule has 8 heteroatoms. The number of H-pyrrole nitrogens is 1. The Kier molecular flexibility index (Phi) is 3.09. The summed E-state index contributed by atoms with van der Waals surface area (Å²) in [4.78, 5) is 24.3. The van der Waals surface area contributed by atoms with Crippen molar-refractivity contribution in [1.29, 1.82) is 0 Å². The van der Waals surface area contributed by atoms with Gasteiger partial charge in [0.25, 0.3) is 5.56 Å². The van der Waals surface area contributed by atoms with E-state index in [-0.39, 0.29) is 0 Å². The van der Waals surface area contributed by atoms with E-state index >= 15 is 0 Å². The summed E-state index contributed by atoms with van der Waals surface area (Å²) in [5.74, 6) is 0. The van der Waals surface area contributed by atoms with Crippen LogP contribution in [0, 0.1) is 0 Å². The first-order chi connectivity index (χ1) is 8.39. The van der Waals surface area contributed by atoms with Crippen LogP contribution in [0.1, 0.15) is 13.2 Å². The number of nitrogens with zero attached hydrogens (tertiary/aromatic N) is 1. The van der Waals surface area contributed by atoms with Crippen LogP contribution in [0.15, 0.2) is 21.9 Å². The number of halogens is 1. The maximum Gasteiger partial charge on any atom is 0.330 e. The molecule has 1 aromatic heterocycles. The van der Waals surface area contributed by atoms with E-state index in [1.165, 1.54) is 6.92 Å². The highest BCUT2D eigenvalue weighted by molar-refractivity contribution is 4.99. The van der Waals surface area contributed by atoms with Gasteiger partial charge in [0, 0.05) is 12.3 Å². The van der Waals surface area contributed by atoms with Crippen LogP contribution in [-0.2, 0) is 4.74 Å². The Bertz CT molecular complexity index is 556. The SMILES string of the molecule is C[C@]1(CO)OC(n2ccc(=O)[nH]c2=O)[C@H](F)[C@@H]1O. The van der Waals surface area contributed by atoms with Crippen LogP contribution in [0.2, 0.25) is 0 Å². The van der Waals surface area contributed by atoms with Crippen molar-refractivity contribution >= 4 is 0 Å². The molecule has 1 saturated heterocycles. The Morgan fingerprint density at radius 3 is 2.78 bits per heavy atom. The van der Waals surface area contributed by atoms with Crippen molar-refractivity contribution in [2.24, 2.45) is 0 Å². The smallest absolute Gasteiger partial charge is 0.330 e. The van der Waals surface area contributed by atoms with E-state index in [0.717, 1.165) is 16.8 Å². The van der Waals surface area contributed by atoms with Crippen molar-refractivity contribution in [3.05, 3.63) is 33.1 Å². The first-order valence-corrected chi connectivity index (χ1v) is 5.31. The van der Waals surface area contributed by atoms with E-state index in [0.29, 0.717) is 0 Å². The monoisotopic (exact) mass is 260 g/mol. The number of rotatable bonds is 2. The van der Waals surface area contributed by atoms with Crippen LogP contribution in [0.3, 0.4) is 0 Å². The molecule has 1 aliphatic heterocycles. The predicted octanol–water partition coefficient (Wildman–Crippen LogP) is -1.48. The lowest BCUT2D eigenvalue weighted by molar-refractivity contribution is -0.117. The van der Waals surface area contributed by atoms with Gasteiger partial charge in [0.15, 0.2) is 12.4 Å². The normalized spacial score (nSPS) is 35.9. The number of aliphatic hydroxyl groups excluding tert-OH is 2. The quantitative estimate of drug-likeness (QED) is 0.601. The van der Waals surface area contributed by atoms with Gasteiger partial charge in [-0.3, -0.25) is 14.3 Å². The third-order valence-corrected chi connectivity index (χ3v) is 3.03. The van der Waals surface area contributed by atoms with Gasteiger partial charge in [0.2, 0.25) is 0 Å². The maximum absolute atomic E-state index is 13.9. The molecule has 0 aromatic carbocycles. The van der Waals surface area contributed by atoms with Gasteiger partial charge >= 0.3 is 5.69 Å². The first kappa shape index (κ1) is 12.9. The standard InChI is InChI=1S/C10H13FN2O5/c1-10(4-14)7(16)6(11)8(18-10)13-3-2-5(15)12-9(13)17/h2-3,6-8,14,16H,4H2,1H3,(H,12,15,17)/t6-,7+,8?,10-/m1/s1. The van der Waals surface area contributed by atoms with Crippen molar-refractivity contribution in [1.82, 2.24) is 9.55 Å². The van der Waals surface area contributed by atoms with E-state index < -0.39 is 42.0 Å². The third-order valence-electron chi connectivity index (χ3n) is 3.03. The Labute approximate surface area is 100 Å². The van der Waals surface area contributed by atoms with Crippen molar-refractivity contribution in [2.75, 3.05) is 6.61 Å². The number of hydrogen-bond acceptors (Lipinski definition) is 5. The Hall–Kier alpha value is -1.51. The van der Waals surface area contributed by atoms with Gasteiger partial charge in [-0.2, -0.15) is 0 Å². The Morgan fingerprint density at radius 2 is 2.28 bits per heavy atom. The van der Waals surface area contributed by atoms with Crippen molar-refractivity contribution < 1.29 is 19.3 Å². The number of hydrogen-bond donors (Lipinski definition) is 3. The molecule has 2 heterocycles. The second kappa shape index (κ2) is 4.30. The van der Waals surface area contributed by atoms with Gasteiger partial charge in [0.1, 0.15) is 11.7 Å². The summed E-state index contributed by atoms with van der Waals surface area (Å²) in [6, 6.07) is 1.04. The average molecular weight is 260 g/mol. The lowest BCUT2D eigenvalue weighted by Crippen LogP contribution is -2.42. The van der Waals surface area contributed by atoms with Crippen LogP contribution in [0.4, 0.5) is 4.39 Å². The lowest BCUT2D eigenvalue weighted by Gasteiger charge is -2.24. The zero-order valence-corrected chi connectivity index (χ0v) is 9.54. The summed E-state index contributed by atoms with van der Waals surface area (Å²) < 4.78 is 19.9. The van der Waals surface area contributed by atoms with Crippen LogP contribution < -0.4 is 11.2 Å². The number of aliphatic hydroxyl groups is 2. The van der Waals surface area contributed by atoms with Gasteiger partial charge < -0.3 is 14.9 Å². The summed E-state index contributed by atoms with van der Waals surface area (Å²) in [6.07, 6.45) is -3.76. The molecule has 1 aliphatic rings. The van der Waals surface area contributed by atoms with E-state index in [9.17, 15) is 19.1 Å². The largest absolute Gasteiger partial charge is 0.393 e. The van der Waals surface area contributed by atoms with E-state index in [1.54, 1.807) is 0 Å². The number of aromatic amines is 1. The molecule has 7 nitrogen and oxygen atoms in total. The highest BCUT2D eigenvalue weighted by Crippen LogP contribution is 2.37. The zero-order chi connectivity index (χ0) is 13.5. The second-order valence-electron chi connectivity index (χ2n) is 4.39. The maximum atomic E-state index is 13.9. The molecular weight excluding hydrogens is 247 g/mol. The molecule has 0 aliphatic carbocycles. The fraction of sp³-hybridized carbons (Fsp3) is 0.600. The minimum absolute atomic E-state index is 0.594. The fourth-order valence-corrected chi connectivity index (χ4v) is 1.87. The second-order valence-corrected chi connectivity index (χ2v) is 4.39. The van der Waals surface area contributed by atoms with E-state index in [1.807, 2.05) is 4.98 Å². The molecule has 100 valence electrons. The molecule has 0 saturated carbocycles. The molecule has 1 aromatic rings. The molecule has 1 unspecified atom stereocenters. The molecule has 1 fully saturated rings. The van der Waals surface area contributed by atoms with Crippen LogP contribution >= 0.6 is 0 Å². The van der Waals surface area contributed by atoms with Gasteiger partial charge in [0.05, 0.1) is 6.61 Å². The van der Waals surface area contributed by atoms with E-state index in [2.05, 4.69) is 0 Å². The minimum Gasteiger partial charge on any atom is -0.393 e. The van der Waals surface area contributed by atoms with Gasteiger partial charge in [-0.05, 0) is 6.92 Å². The third kappa shape index (κ3) is 1.88. The van der Waals surface area contributed by atoms with Crippen molar-refractivity contribution in [3.8, 4) is 0 Å². The van der Waals surface area contributed by atoms with Crippen molar-refractivity contribution in [2.45, 2.75) is 31.0 Å². The number of alkyl halides is 1. The van der Waals surface area contributed by atoms with Crippen LogP contribution in [0.5, 0.6) is 0 Å². The molecule has 0 amide bonds. The number of nitrogens with one attached hydrogen (secondary N) is 1. The highest BCUT2D eigenvalue weighted by atomic mass is 19.1. The molecular formula is C10H13FN2O5. The van der Waals surface area contributed by atoms with Gasteiger partial charge in [-0.15, -0.1) is 0 Å². The summed E-state index contributed by atoms with van der Waals surface area (Å²) in [5, 5.41) is 18.7. The highest BCUT2D eigenvalue weighted by Gasteiger charge is 2.53. The molecule has 18 heavy (non-hydrogen) atoms. The molecule has 2 rings (SSSR count). The summed E-state index contributed by atoms with van der Waals surface area (Å²) in [5.41, 5.74) is -2.95. The molecule has 3 N–H and O–H groups in total. The van der Waals surface area contributed by atoms with Crippen molar-refractivity contribution in [3.63, 3.8) is 0 Å². The minimum atomic E-state index is -1.88. The Morgan fingerprint density at radius 1 is 1.61 bits per heavy atom. The molecule has 0 radical (unpaired) electrons. The molecule has 0 spiro atoms. The Balaban J connectivity index is 2.41. The fourth-order valence-electron chi connectivity index (χ4n) is 1.87. The summed E-state index contributed by atoms with van der Waals surface area (Å²) >= 11 is 0. The average Bonchev–Trinajstić information content (AvgIpc) is 2.55. The topological polar surface area (TPSA) is 105 Å². The molecule has 4 atom stereocenters. The first-order valence-electron chi connectivity index (χ1n) is 5.31. The summed E-state index contributed by atoms with van der Waals surface area (Å²) in [6.45, 7) is 0.740. The summed E-state index contributed by atoms with van der Waals surface area (Å²) in [7, 11) is 0. The van der Waals surface area contributed by atoms with Gasteiger partial charge in [-0.1, -0.05) is 0 Å².